The molecule has 0 unspecified atom stereocenters. The van der Waals surface area contributed by atoms with E-state index in [1.54, 1.807) is 13.1 Å². The minimum atomic E-state index is -1.09. The Bertz CT molecular complexity index is 579. The van der Waals surface area contributed by atoms with Crippen molar-refractivity contribution in [2.45, 2.75) is 0 Å². The fourth-order valence-electron chi connectivity index (χ4n) is 1.36. The maximum atomic E-state index is 11.0. The maximum Gasteiger partial charge on any atom is 0.341 e. The Hall–Kier alpha value is -2.57. The van der Waals surface area contributed by atoms with Gasteiger partial charge in [-0.2, -0.15) is 4.98 Å². The summed E-state index contributed by atoms with van der Waals surface area (Å²) in [5.74, 6) is -0.470. The number of aryl methyl sites for hydroxylation is 1. The molecule has 0 bridgehead atoms. The van der Waals surface area contributed by atoms with E-state index in [1.165, 1.54) is 30.3 Å². The van der Waals surface area contributed by atoms with Crippen LogP contribution in [0.3, 0.4) is 0 Å². The lowest BCUT2D eigenvalue weighted by atomic mass is 10.2. The van der Waals surface area contributed by atoms with E-state index in [4.69, 9.17) is 14.6 Å². The second-order valence-electron chi connectivity index (χ2n) is 3.47. The molecule has 1 aromatic heterocycles. The number of carboxylic acids is 1. The minimum absolute atomic E-state index is 0.0169. The van der Waals surface area contributed by atoms with Gasteiger partial charge >= 0.3 is 12.0 Å². The number of carbonyl (C=O) groups is 1. The first-order valence-corrected chi connectivity index (χ1v) is 5.05. The van der Waals surface area contributed by atoms with Gasteiger partial charge in [0.25, 0.3) is 0 Å². The molecule has 0 saturated carbocycles. The average Bonchev–Trinajstić information content (AvgIpc) is 2.74. The molecule has 0 aliphatic rings. The van der Waals surface area contributed by atoms with Gasteiger partial charge in [0.05, 0.1) is 7.11 Å². The molecule has 7 nitrogen and oxygen atoms in total. The molecule has 0 radical (unpaired) electrons. The van der Waals surface area contributed by atoms with Gasteiger partial charge in [-0.15, -0.1) is 5.10 Å². The van der Waals surface area contributed by atoms with Gasteiger partial charge in [0.2, 0.25) is 0 Å². The van der Waals surface area contributed by atoms with Crippen molar-refractivity contribution in [1.82, 2.24) is 14.8 Å². The Morgan fingerprint density at radius 3 is 2.78 bits per heavy atom. The molecule has 1 heterocycles. The fraction of sp³-hybridized carbons (Fsp3) is 0.182. The molecule has 7 heteroatoms. The lowest BCUT2D eigenvalue weighted by Gasteiger charge is -2.07. The number of benzene rings is 1. The van der Waals surface area contributed by atoms with Crippen LogP contribution in [0.2, 0.25) is 0 Å². The third kappa shape index (κ3) is 2.40. The van der Waals surface area contributed by atoms with Crippen molar-refractivity contribution in [2.75, 3.05) is 7.11 Å². The van der Waals surface area contributed by atoms with Crippen molar-refractivity contribution in [3.05, 3.63) is 30.1 Å². The Morgan fingerprint density at radius 2 is 2.22 bits per heavy atom. The van der Waals surface area contributed by atoms with E-state index in [-0.39, 0.29) is 17.3 Å². The zero-order chi connectivity index (χ0) is 13.1. The highest BCUT2D eigenvalue weighted by Gasteiger charge is 2.14. The van der Waals surface area contributed by atoms with Crippen LogP contribution in [0.15, 0.2) is 24.5 Å². The quantitative estimate of drug-likeness (QED) is 0.879. The second-order valence-corrected chi connectivity index (χ2v) is 3.47. The smallest absolute Gasteiger partial charge is 0.341 e. The number of carboxylic acid groups (broad SMARTS) is 1. The summed E-state index contributed by atoms with van der Waals surface area (Å²) in [6.07, 6.45) is 1.45. The zero-order valence-electron chi connectivity index (χ0n) is 9.82. The second kappa shape index (κ2) is 4.74. The first-order valence-electron chi connectivity index (χ1n) is 5.05. The van der Waals surface area contributed by atoms with E-state index in [2.05, 4.69) is 10.1 Å². The predicted molar refractivity (Wildman–Crippen MR) is 61.0 cm³/mol. The molecule has 0 aliphatic carbocycles. The molecule has 1 N–H and O–H groups in total. The van der Waals surface area contributed by atoms with E-state index in [9.17, 15) is 4.79 Å². The molecule has 0 aliphatic heterocycles. The van der Waals surface area contributed by atoms with Crippen LogP contribution < -0.4 is 9.47 Å². The number of rotatable bonds is 4. The standard InChI is InChI=1S/C11H11N3O4/c1-14-6-12-11(13-14)18-9-5-7(17-2)3-4-8(9)10(15)16/h3-6H,1-2H3,(H,15,16). The summed E-state index contributed by atoms with van der Waals surface area (Å²) in [6.45, 7) is 0. The van der Waals surface area contributed by atoms with E-state index >= 15 is 0 Å². The number of methoxy groups -OCH3 is 1. The summed E-state index contributed by atoms with van der Waals surface area (Å²) in [4.78, 5) is 14.9. The van der Waals surface area contributed by atoms with Crippen LogP contribution in [0.1, 0.15) is 10.4 Å². The normalized spacial score (nSPS) is 10.1. The van der Waals surface area contributed by atoms with Crippen LogP contribution in [0.4, 0.5) is 0 Å². The van der Waals surface area contributed by atoms with Crippen molar-refractivity contribution in [3.63, 3.8) is 0 Å². The third-order valence-electron chi connectivity index (χ3n) is 2.20. The van der Waals surface area contributed by atoms with Crippen LogP contribution in [0.5, 0.6) is 17.5 Å². The molecule has 0 saturated heterocycles. The first kappa shape index (κ1) is 11.9. The van der Waals surface area contributed by atoms with Gasteiger partial charge in [-0.1, -0.05) is 0 Å². The molecule has 18 heavy (non-hydrogen) atoms. The number of hydrogen-bond donors (Lipinski definition) is 1. The van der Waals surface area contributed by atoms with Crippen LogP contribution in [-0.4, -0.2) is 33.0 Å². The third-order valence-corrected chi connectivity index (χ3v) is 2.20. The Labute approximate surface area is 103 Å². The average molecular weight is 249 g/mol. The topological polar surface area (TPSA) is 86.5 Å². The van der Waals surface area contributed by atoms with Gasteiger partial charge < -0.3 is 14.6 Å². The molecule has 0 spiro atoms. The fourth-order valence-corrected chi connectivity index (χ4v) is 1.36. The summed E-state index contributed by atoms with van der Waals surface area (Å²) in [5.41, 5.74) is 0.0169. The number of aromatic nitrogens is 3. The molecule has 1 aromatic carbocycles. The summed E-state index contributed by atoms with van der Waals surface area (Å²) in [7, 11) is 3.17. The number of aromatic carboxylic acids is 1. The first-order chi connectivity index (χ1) is 8.60. The summed E-state index contributed by atoms with van der Waals surface area (Å²) in [6, 6.07) is 4.50. The Balaban J connectivity index is 2.37. The van der Waals surface area contributed by atoms with Crippen molar-refractivity contribution < 1.29 is 19.4 Å². The highest BCUT2D eigenvalue weighted by Crippen LogP contribution is 2.27. The highest BCUT2D eigenvalue weighted by molar-refractivity contribution is 5.91. The zero-order valence-corrected chi connectivity index (χ0v) is 9.82. The molecule has 0 amide bonds. The molecule has 94 valence electrons. The monoisotopic (exact) mass is 249 g/mol. The minimum Gasteiger partial charge on any atom is -0.497 e. The van der Waals surface area contributed by atoms with E-state index in [0.29, 0.717) is 5.75 Å². The van der Waals surface area contributed by atoms with Crippen molar-refractivity contribution in [1.29, 1.82) is 0 Å². The van der Waals surface area contributed by atoms with Gasteiger partial charge in [0.15, 0.2) is 0 Å². The number of ether oxygens (including phenoxy) is 2. The molecule has 0 atom stereocenters. The number of hydrogen-bond acceptors (Lipinski definition) is 5. The molecular weight excluding hydrogens is 238 g/mol. The van der Waals surface area contributed by atoms with Crippen LogP contribution in [0.25, 0.3) is 0 Å². The summed E-state index contributed by atoms with van der Waals surface area (Å²) < 4.78 is 11.8. The van der Waals surface area contributed by atoms with Crippen molar-refractivity contribution in [2.24, 2.45) is 7.05 Å². The number of nitrogens with zero attached hydrogens (tertiary/aromatic N) is 3. The molecule has 0 fully saturated rings. The predicted octanol–water partition coefficient (Wildman–Crippen LogP) is 1.31. The van der Waals surface area contributed by atoms with Gasteiger partial charge in [0.1, 0.15) is 23.4 Å². The van der Waals surface area contributed by atoms with Gasteiger partial charge in [0, 0.05) is 13.1 Å². The highest BCUT2D eigenvalue weighted by atomic mass is 16.5. The molecule has 2 rings (SSSR count). The molecular formula is C11H11N3O4. The van der Waals surface area contributed by atoms with E-state index in [1.807, 2.05) is 0 Å². The Morgan fingerprint density at radius 1 is 1.44 bits per heavy atom. The van der Waals surface area contributed by atoms with Gasteiger partial charge in [-0.3, -0.25) is 4.68 Å². The van der Waals surface area contributed by atoms with Crippen molar-refractivity contribution >= 4 is 5.97 Å². The summed E-state index contributed by atoms with van der Waals surface area (Å²) >= 11 is 0. The lowest BCUT2D eigenvalue weighted by molar-refractivity contribution is 0.0694. The van der Waals surface area contributed by atoms with E-state index < -0.39 is 5.97 Å². The lowest BCUT2D eigenvalue weighted by Crippen LogP contribution is -2.01. The van der Waals surface area contributed by atoms with Crippen molar-refractivity contribution in [3.8, 4) is 17.5 Å². The van der Waals surface area contributed by atoms with E-state index in [0.717, 1.165) is 0 Å². The van der Waals surface area contributed by atoms with Crippen LogP contribution in [-0.2, 0) is 7.05 Å². The summed E-state index contributed by atoms with van der Waals surface area (Å²) in [5, 5.41) is 13.0. The largest absolute Gasteiger partial charge is 0.497 e. The Kier molecular flexibility index (Phi) is 3.13. The van der Waals surface area contributed by atoms with Gasteiger partial charge in [-0.25, -0.2) is 4.79 Å². The van der Waals surface area contributed by atoms with Gasteiger partial charge in [-0.05, 0) is 12.1 Å². The van der Waals surface area contributed by atoms with Crippen LogP contribution in [0, 0.1) is 0 Å². The van der Waals surface area contributed by atoms with Crippen LogP contribution >= 0.6 is 0 Å². The molecule has 2 aromatic rings. The maximum absolute atomic E-state index is 11.0. The SMILES string of the molecule is COc1ccc(C(=O)O)c(Oc2ncn(C)n2)c1.